The first-order valence-corrected chi connectivity index (χ1v) is 12.9. The van der Waals surface area contributed by atoms with Gasteiger partial charge in [0, 0.05) is 25.1 Å². The molecule has 5 nitrogen and oxygen atoms in total. The number of pyridine rings is 1. The average Bonchev–Trinajstić information content (AvgIpc) is 3.26. The quantitative estimate of drug-likeness (QED) is 0.513. The van der Waals surface area contributed by atoms with E-state index in [1.165, 1.54) is 41.6 Å². The highest BCUT2D eigenvalue weighted by Gasteiger charge is 2.20. The maximum absolute atomic E-state index is 13.2. The standard InChI is InChI=1S/C26H31N3O2S/c1-27-18-22-17-26(25-13-11-24(12-14-25)23-9-3-2-4-10-23)29(20-22)32(30,31)16-6-8-21-7-5-15-28-19-21/h5-8,11-15,17,19-20,23,27H,2-4,9-10,16,18H2,1H3. The van der Waals surface area contributed by atoms with Crippen LogP contribution in [0.2, 0.25) is 0 Å². The first-order valence-electron chi connectivity index (χ1n) is 11.3. The SMILES string of the molecule is CNCc1cc(-c2ccc(C3CCCCC3)cc2)n(S(=O)(=O)CC=Cc2cccnc2)c1. The molecule has 0 radical (unpaired) electrons. The third-order valence-corrected chi connectivity index (χ3v) is 7.62. The molecular formula is C26H31N3O2S. The second kappa shape index (κ2) is 10.3. The molecule has 2 aromatic heterocycles. The van der Waals surface area contributed by atoms with Crippen LogP contribution in [-0.2, 0) is 16.6 Å². The summed E-state index contributed by atoms with van der Waals surface area (Å²) in [5.41, 5.74) is 4.82. The van der Waals surface area contributed by atoms with Crippen LogP contribution in [0.1, 0.15) is 54.7 Å². The van der Waals surface area contributed by atoms with Gasteiger partial charge in [-0.05, 0) is 60.2 Å². The molecule has 1 N–H and O–H groups in total. The molecule has 0 saturated heterocycles. The molecule has 0 spiro atoms. The van der Waals surface area contributed by atoms with E-state index < -0.39 is 10.0 Å². The van der Waals surface area contributed by atoms with E-state index in [-0.39, 0.29) is 5.75 Å². The monoisotopic (exact) mass is 449 g/mol. The Morgan fingerprint density at radius 3 is 2.59 bits per heavy atom. The third-order valence-electron chi connectivity index (χ3n) is 6.11. The summed E-state index contributed by atoms with van der Waals surface area (Å²) in [4.78, 5) is 4.06. The summed E-state index contributed by atoms with van der Waals surface area (Å²) in [5, 5.41) is 3.12. The van der Waals surface area contributed by atoms with Crippen molar-refractivity contribution in [1.82, 2.24) is 14.3 Å². The van der Waals surface area contributed by atoms with Crippen molar-refractivity contribution in [1.29, 1.82) is 0 Å². The zero-order valence-corrected chi connectivity index (χ0v) is 19.4. The van der Waals surface area contributed by atoms with Crippen LogP contribution in [0.5, 0.6) is 0 Å². The number of hydrogen-bond acceptors (Lipinski definition) is 4. The lowest BCUT2D eigenvalue weighted by Crippen LogP contribution is -2.15. The Morgan fingerprint density at radius 2 is 1.91 bits per heavy atom. The van der Waals surface area contributed by atoms with E-state index in [9.17, 15) is 8.42 Å². The summed E-state index contributed by atoms with van der Waals surface area (Å²) in [6, 6.07) is 14.2. The van der Waals surface area contributed by atoms with Crippen LogP contribution >= 0.6 is 0 Å². The molecule has 32 heavy (non-hydrogen) atoms. The molecule has 0 unspecified atom stereocenters. The molecule has 0 atom stereocenters. The van der Waals surface area contributed by atoms with E-state index in [2.05, 4.69) is 34.6 Å². The zero-order chi connectivity index (χ0) is 22.4. The zero-order valence-electron chi connectivity index (χ0n) is 18.6. The maximum atomic E-state index is 13.2. The molecule has 0 amide bonds. The minimum absolute atomic E-state index is 0.0806. The molecule has 168 valence electrons. The lowest BCUT2D eigenvalue weighted by molar-refractivity contribution is 0.443. The Balaban J connectivity index is 1.60. The van der Waals surface area contributed by atoms with Crippen LogP contribution in [0.4, 0.5) is 0 Å². The van der Waals surface area contributed by atoms with Gasteiger partial charge in [-0.1, -0.05) is 61.7 Å². The van der Waals surface area contributed by atoms with Crippen LogP contribution in [0.25, 0.3) is 17.3 Å². The smallest absolute Gasteiger partial charge is 0.242 e. The lowest BCUT2D eigenvalue weighted by atomic mass is 9.84. The molecule has 2 heterocycles. The Bertz CT molecular complexity index is 1140. The second-order valence-electron chi connectivity index (χ2n) is 8.48. The number of hydrogen-bond donors (Lipinski definition) is 1. The summed E-state index contributed by atoms with van der Waals surface area (Å²) in [7, 11) is -1.69. The van der Waals surface area contributed by atoms with Crippen LogP contribution < -0.4 is 5.32 Å². The fourth-order valence-corrected chi connectivity index (χ4v) is 5.71. The van der Waals surface area contributed by atoms with Gasteiger partial charge >= 0.3 is 0 Å². The Morgan fingerprint density at radius 1 is 1.12 bits per heavy atom. The minimum atomic E-state index is -3.56. The Kier molecular flexibility index (Phi) is 7.22. The first-order chi connectivity index (χ1) is 15.6. The van der Waals surface area contributed by atoms with Crippen LogP contribution in [0.15, 0.2) is 67.1 Å². The van der Waals surface area contributed by atoms with Gasteiger partial charge in [0.2, 0.25) is 10.0 Å². The number of aromatic nitrogens is 2. The molecule has 1 fully saturated rings. The topological polar surface area (TPSA) is 64.0 Å². The van der Waals surface area contributed by atoms with Crippen molar-refractivity contribution < 1.29 is 8.42 Å². The number of benzene rings is 1. The molecule has 1 aliphatic rings. The van der Waals surface area contributed by atoms with Crippen molar-refractivity contribution in [2.45, 2.75) is 44.6 Å². The van der Waals surface area contributed by atoms with Crippen molar-refractivity contribution in [3.63, 3.8) is 0 Å². The van der Waals surface area contributed by atoms with Gasteiger partial charge in [-0.15, -0.1) is 0 Å². The van der Waals surface area contributed by atoms with E-state index in [4.69, 9.17) is 0 Å². The highest BCUT2D eigenvalue weighted by molar-refractivity contribution is 7.90. The summed E-state index contributed by atoms with van der Waals surface area (Å²) < 4.78 is 27.9. The lowest BCUT2D eigenvalue weighted by Gasteiger charge is -2.22. The highest BCUT2D eigenvalue weighted by atomic mass is 32.2. The molecule has 1 saturated carbocycles. The van der Waals surface area contributed by atoms with E-state index in [1.54, 1.807) is 30.7 Å². The van der Waals surface area contributed by atoms with Crippen LogP contribution in [-0.4, -0.2) is 30.2 Å². The Hall–Kier alpha value is -2.70. The van der Waals surface area contributed by atoms with Gasteiger partial charge in [-0.25, -0.2) is 12.4 Å². The third kappa shape index (κ3) is 5.37. The summed E-state index contributed by atoms with van der Waals surface area (Å²) >= 11 is 0. The second-order valence-corrected chi connectivity index (χ2v) is 10.4. The van der Waals surface area contributed by atoms with Crippen molar-refractivity contribution in [3.05, 3.63) is 83.8 Å². The molecule has 3 aromatic rings. The predicted molar refractivity (Wildman–Crippen MR) is 131 cm³/mol. The maximum Gasteiger partial charge on any atom is 0.242 e. The number of nitrogens with zero attached hydrogens (tertiary/aromatic N) is 2. The van der Waals surface area contributed by atoms with Gasteiger partial charge in [0.25, 0.3) is 0 Å². The van der Waals surface area contributed by atoms with Gasteiger partial charge in [0.1, 0.15) is 0 Å². The fourth-order valence-electron chi connectivity index (χ4n) is 4.46. The van der Waals surface area contributed by atoms with Gasteiger partial charge in [-0.3, -0.25) is 4.98 Å². The molecule has 0 bridgehead atoms. The molecule has 0 aliphatic heterocycles. The van der Waals surface area contributed by atoms with Crippen molar-refractivity contribution >= 4 is 16.1 Å². The van der Waals surface area contributed by atoms with Gasteiger partial charge < -0.3 is 5.32 Å². The van der Waals surface area contributed by atoms with Crippen molar-refractivity contribution in [3.8, 4) is 11.3 Å². The van der Waals surface area contributed by atoms with Crippen molar-refractivity contribution in [2.75, 3.05) is 12.8 Å². The summed E-state index contributed by atoms with van der Waals surface area (Å²) in [6.45, 7) is 0.612. The molecule has 1 aromatic carbocycles. The first kappa shape index (κ1) is 22.5. The van der Waals surface area contributed by atoms with Gasteiger partial charge in [0.05, 0.1) is 11.4 Å². The van der Waals surface area contributed by atoms with E-state index in [0.29, 0.717) is 18.2 Å². The largest absolute Gasteiger partial charge is 0.316 e. The fraction of sp³-hybridized carbons (Fsp3) is 0.346. The number of rotatable bonds is 8. The molecular weight excluding hydrogens is 418 g/mol. The van der Waals surface area contributed by atoms with E-state index in [0.717, 1.165) is 16.7 Å². The molecule has 6 heteroatoms. The Labute approximate surface area is 191 Å². The van der Waals surface area contributed by atoms with Gasteiger partial charge in [0.15, 0.2) is 0 Å². The minimum Gasteiger partial charge on any atom is -0.316 e. The van der Waals surface area contributed by atoms with Gasteiger partial charge in [-0.2, -0.15) is 0 Å². The predicted octanol–water partition coefficient (Wildman–Crippen LogP) is 5.21. The van der Waals surface area contributed by atoms with E-state index in [1.807, 2.05) is 25.2 Å². The number of nitrogens with one attached hydrogen (secondary N) is 1. The molecule has 1 aliphatic carbocycles. The average molecular weight is 450 g/mol. The summed E-state index contributed by atoms with van der Waals surface area (Å²) in [5.74, 6) is 0.550. The molecule has 4 rings (SSSR count). The van der Waals surface area contributed by atoms with Crippen LogP contribution in [0.3, 0.4) is 0 Å². The van der Waals surface area contributed by atoms with Crippen molar-refractivity contribution in [2.24, 2.45) is 0 Å². The highest BCUT2D eigenvalue weighted by Crippen LogP contribution is 2.34. The van der Waals surface area contributed by atoms with E-state index >= 15 is 0 Å². The van der Waals surface area contributed by atoms with Crippen LogP contribution in [0, 0.1) is 0 Å². The normalized spacial score (nSPS) is 15.4. The summed E-state index contributed by atoms with van der Waals surface area (Å²) in [6.07, 6.45) is 15.0.